The highest BCUT2D eigenvalue weighted by atomic mass is 32.2. The number of aryl methyl sites for hydroxylation is 1. The van der Waals surface area contributed by atoms with Crippen LogP contribution < -0.4 is 20.3 Å². The Bertz CT molecular complexity index is 1160. The summed E-state index contributed by atoms with van der Waals surface area (Å²) in [6, 6.07) is 12.9. The van der Waals surface area contributed by atoms with E-state index in [0.717, 1.165) is 16.8 Å². The Hall–Kier alpha value is -3.11. The van der Waals surface area contributed by atoms with Crippen LogP contribution in [0.5, 0.6) is 5.75 Å². The fourth-order valence-electron chi connectivity index (χ4n) is 4.04. The summed E-state index contributed by atoms with van der Waals surface area (Å²) in [5, 5.41) is 5.47. The van der Waals surface area contributed by atoms with Crippen molar-refractivity contribution in [3.05, 3.63) is 53.6 Å². The van der Waals surface area contributed by atoms with Gasteiger partial charge in [0.2, 0.25) is 15.9 Å². The minimum atomic E-state index is -3.73. The molecule has 0 aliphatic carbocycles. The quantitative estimate of drug-likeness (QED) is 0.662. The predicted octanol–water partition coefficient (Wildman–Crippen LogP) is 1.66. The number of nitrogens with zero attached hydrogens (tertiary/aromatic N) is 2. The molecule has 2 N–H and O–H groups in total. The van der Waals surface area contributed by atoms with Crippen molar-refractivity contribution in [2.24, 2.45) is 0 Å². The number of ether oxygens (including phenoxy) is 1. The van der Waals surface area contributed by atoms with E-state index in [9.17, 15) is 18.0 Å². The number of fused-ring (bicyclic) bond motifs is 1. The maximum Gasteiger partial charge on any atom is 0.262 e. The van der Waals surface area contributed by atoms with Crippen LogP contribution in [0.15, 0.2) is 42.5 Å². The summed E-state index contributed by atoms with van der Waals surface area (Å²) in [5.41, 5.74) is 3.49. The molecule has 1 atom stereocenters. The van der Waals surface area contributed by atoms with Crippen LogP contribution in [0, 0.1) is 6.92 Å². The van der Waals surface area contributed by atoms with E-state index in [4.69, 9.17) is 4.74 Å². The number of hydrogen-bond donors (Lipinski definition) is 2. The van der Waals surface area contributed by atoms with Gasteiger partial charge < -0.3 is 20.3 Å². The van der Waals surface area contributed by atoms with Crippen molar-refractivity contribution in [2.75, 3.05) is 48.8 Å². The smallest absolute Gasteiger partial charge is 0.262 e. The molecule has 10 heteroatoms. The first-order valence-corrected chi connectivity index (χ1v) is 12.5. The van der Waals surface area contributed by atoms with E-state index in [1.807, 2.05) is 25.1 Å². The molecule has 33 heavy (non-hydrogen) atoms. The van der Waals surface area contributed by atoms with Crippen molar-refractivity contribution in [1.82, 2.24) is 9.62 Å². The lowest BCUT2D eigenvalue weighted by molar-refractivity contribution is -0.119. The fraction of sp³-hybridized carbons (Fsp3) is 0.391. The molecule has 1 unspecified atom stereocenters. The Balaban J connectivity index is 1.32. The second kappa shape index (κ2) is 9.40. The molecule has 176 valence electrons. The van der Waals surface area contributed by atoms with Gasteiger partial charge in [-0.15, -0.1) is 0 Å². The third kappa shape index (κ3) is 5.45. The van der Waals surface area contributed by atoms with Gasteiger partial charge in [0.25, 0.3) is 5.91 Å². The average Bonchev–Trinajstić information content (AvgIpc) is 2.78. The monoisotopic (exact) mass is 472 g/mol. The molecular weight excluding hydrogens is 444 g/mol. The van der Waals surface area contributed by atoms with E-state index in [1.54, 1.807) is 25.1 Å². The van der Waals surface area contributed by atoms with E-state index in [1.165, 1.54) is 4.31 Å². The molecule has 1 saturated heterocycles. The summed E-state index contributed by atoms with van der Waals surface area (Å²) in [6.45, 7) is 5.58. The number of sulfonamides is 1. The molecule has 2 aliphatic heterocycles. The van der Waals surface area contributed by atoms with Crippen molar-refractivity contribution < 1.29 is 22.7 Å². The van der Waals surface area contributed by atoms with E-state index < -0.39 is 27.7 Å². The molecule has 2 amide bonds. The van der Waals surface area contributed by atoms with E-state index in [0.29, 0.717) is 37.6 Å². The Morgan fingerprint density at radius 2 is 1.91 bits per heavy atom. The maximum absolute atomic E-state index is 12.8. The number of carbonyl (C=O) groups excluding carboxylic acids is 2. The first-order valence-electron chi connectivity index (χ1n) is 10.9. The highest BCUT2D eigenvalue weighted by Crippen LogP contribution is 2.30. The fourth-order valence-corrected chi connectivity index (χ4v) is 5.36. The summed E-state index contributed by atoms with van der Waals surface area (Å²) in [6.07, 6.45) is 0. The molecule has 0 saturated carbocycles. The number of hydrogen-bond acceptors (Lipinski definition) is 6. The summed E-state index contributed by atoms with van der Waals surface area (Å²) in [7, 11) is -3.73. The SMILES string of the molecule is Cc1cccc(N2CCN(S(=O)(=O)CC(=O)NC(C)c3ccc4c(c3)NC(=O)CO4)CC2)c1. The van der Waals surface area contributed by atoms with E-state index in [-0.39, 0.29) is 12.5 Å². The first-order chi connectivity index (χ1) is 15.7. The molecular formula is C23H28N4O5S. The molecule has 9 nitrogen and oxygen atoms in total. The Labute approximate surface area is 193 Å². The van der Waals surface area contributed by atoms with Gasteiger partial charge in [0.1, 0.15) is 11.5 Å². The van der Waals surface area contributed by atoms with Crippen LogP contribution in [0.25, 0.3) is 0 Å². The van der Waals surface area contributed by atoms with Gasteiger partial charge in [-0.2, -0.15) is 4.31 Å². The summed E-state index contributed by atoms with van der Waals surface area (Å²) >= 11 is 0. The van der Waals surface area contributed by atoms with Gasteiger partial charge in [-0.05, 0) is 49.2 Å². The van der Waals surface area contributed by atoms with Gasteiger partial charge in [0.15, 0.2) is 6.61 Å². The molecule has 2 aromatic carbocycles. The van der Waals surface area contributed by atoms with Gasteiger partial charge in [-0.3, -0.25) is 9.59 Å². The van der Waals surface area contributed by atoms with Crippen LogP contribution in [-0.4, -0.2) is 63.1 Å². The highest BCUT2D eigenvalue weighted by molar-refractivity contribution is 7.89. The zero-order valence-corrected chi connectivity index (χ0v) is 19.5. The molecule has 2 heterocycles. The van der Waals surface area contributed by atoms with Crippen molar-refractivity contribution in [2.45, 2.75) is 19.9 Å². The lowest BCUT2D eigenvalue weighted by atomic mass is 10.1. The van der Waals surface area contributed by atoms with Gasteiger partial charge in [0.05, 0.1) is 11.7 Å². The summed E-state index contributed by atoms with van der Waals surface area (Å²) in [5.74, 6) is -0.858. The second-order valence-electron chi connectivity index (χ2n) is 8.36. The molecule has 0 radical (unpaired) electrons. The highest BCUT2D eigenvalue weighted by Gasteiger charge is 2.29. The summed E-state index contributed by atoms with van der Waals surface area (Å²) < 4.78 is 32.4. The van der Waals surface area contributed by atoms with Gasteiger partial charge >= 0.3 is 0 Å². The van der Waals surface area contributed by atoms with Crippen LogP contribution in [-0.2, 0) is 19.6 Å². The third-order valence-corrected chi connectivity index (χ3v) is 7.61. The Kier molecular flexibility index (Phi) is 6.57. The summed E-state index contributed by atoms with van der Waals surface area (Å²) in [4.78, 5) is 26.2. The number of anilines is 2. The zero-order valence-electron chi connectivity index (χ0n) is 18.7. The molecule has 0 spiro atoms. The zero-order chi connectivity index (χ0) is 23.6. The largest absolute Gasteiger partial charge is 0.482 e. The predicted molar refractivity (Wildman–Crippen MR) is 126 cm³/mol. The number of carbonyl (C=O) groups is 2. The molecule has 2 aromatic rings. The van der Waals surface area contributed by atoms with Gasteiger partial charge in [0, 0.05) is 31.9 Å². The van der Waals surface area contributed by atoms with Crippen molar-refractivity contribution in [3.8, 4) is 5.75 Å². The normalized spacial score (nSPS) is 17.5. The Morgan fingerprint density at radius 1 is 1.15 bits per heavy atom. The molecule has 1 fully saturated rings. The van der Waals surface area contributed by atoms with E-state index >= 15 is 0 Å². The third-order valence-electron chi connectivity index (χ3n) is 5.83. The van der Waals surface area contributed by atoms with Crippen molar-refractivity contribution in [1.29, 1.82) is 0 Å². The molecule has 4 rings (SSSR count). The van der Waals surface area contributed by atoms with Gasteiger partial charge in [-0.1, -0.05) is 18.2 Å². The Morgan fingerprint density at radius 3 is 2.64 bits per heavy atom. The number of benzene rings is 2. The lowest BCUT2D eigenvalue weighted by Crippen LogP contribution is -2.50. The second-order valence-corrected chi connectivity index (χ2v) is 10.3. The maximum atomic E-state index is 12.8. The number of rotatable bonds is 6. The number of amides is 2. The standard InChI is InChI=1S/C23H28N4O5S/c1-16-4-3-5-19(12-16)26-8-10-27(11-9-26)33(30,31)15-23(29)24-17(2)18-6-7-21-20(13-18)25-22(28)14-32-21/h3-7,12-13,17H,8-11,14-15H2,1-2H3,(H,24,29)(H,25,28). The topological polar surface area (TPSA) is 108 Å². The van der Waals surface area contributed by atoms with Gasteiger partial charge in [-0.25, -0.2) is 8.42 Å². The van der Waals surface area contributed by atoms with Crippen LogP contribution in [0.1, 0.15) is 24.1 Å². The number of piperazine rings is 1. The first kappa shape index (κ1) is 23.1. The molecule has 0 bridgehead atoms. The lowest BCUT2D eigenvalue weighted by Gasteiger charge is -2.35. The number of nitrogens with one attached hydrogen (secondary N) is 2. The van der Waals surface area contributed by atoms with Crippen LogP contribution >= 0.6 is 0 Å². The van der Waals surface area contributed by atoms with Crippen LogP contribution in [0.2, 0.25) is 0 Å². The van der Waals surface area contributed by atoms with Crippen molar-refractivity contribution in [3.63, 3.8) is 0 Å². The minimum absolute atomic E-state index is 0.0320. The van der Waals surface area contributed by atoms with Crippen LogP contribution in [0.4, 0.5) is 11.4 Å². The minimum Gasteiger partial charge on any atom is -0.482 e. The average molecular weight is 473 g/mol. The molecule has 0 aromatic heterocycles. The van der Waals surface area contributed by atoms with Crippen molar-refractivity contribution >= 4 is 33.2 Å². The van der Waals surface area contributed by atoms with Crippen LogP contribution in [0.3, 0.4) is 0 Å². The molecule has 2 aliphatic rings. The van der Waals surface area contributed by atoms with E-state index in [2.05, 4.69) is 21.6 Å².